The van der Waals surface area contributed by atoms with Crippen LogP contribution in [0.15, 0.2) is 91.0 Å². The Bertz CT molecular complexity index is 1600. The maximum Gasteiger partial charge on any atom is 0.407 e. The highest BCUT2D eigenvalue weighted by molar-refractivity contribution is 6.53. The number of ketones is 2. The number of benzene rings is 4. The summed E-state index contributed by atoms with van der Waals surface area (Å²) >= 11 is 0. The van der Waals surface area contributed by atoms with Crippen molar-refractivity contribution in [2.24, 2.45) is 0 Å². The van der Waals surface area contributed by atoms with Gasteiger partial charge in [0, 0.05) is 23.6 Å². The zero-order valence-corrected chi connectivity index (χ0v) is 21.5. The van der Waals surface area contributed by atoms with Crippen LogP contribution in [0.4, 0.5) is 4.79 Å². The van der Waals surface area contributed by atoms with Gasteiger partial charge >= 0.3 is 6.09 Å². The number of rotatable bonds is 7. The van der Waals surface area contributed by atoms with Gasteiger partial charge in [0.05, 0.1) is 6.10 Å². The van der Waals surface area contributed by atoms with Gasteiger partial charge in [0.25, 0.3) is 0 Å². The van der Waals surface area contributed by atoms with E-state index in [0.29, 0.717) is 22.3 Å². The molecule has 200 valence electrons. The van der Waals surface area contributed by atoms with E-state index in [-0.39, 0.29) is 31.1 Å². The topological polar surface area (TPSA) is 113 Å². The minimum Gasteiger partial charge on any atom is -0.449 e. The number of hydrogen-bond acceptors (Lipinski definition) is 6. The van der Waals surface area contributed by atoms with Crippen LogP contribution in [0.5, 0.6) is 0 Å². The molecule has 6 rings (SSSR count). The molecule has 3 N–H and O–H groups in total. The highest BCUT2D eigenvalue weighted by Crippen LogP contribution is 2.44. The van der Waals surface area contributed by atoms with Crippen molar-refractivity contribution in [2.75, 3.05) is 13.2 Å². The molecule has 40 heavy (non-hydrogen) atoms. The van der Waals surface area contributed by atoms with E-state index in [1.54, 1.807) is 30.3 Å². The van der Waals surface area contributed by atoms with Crippen molar-refractivity contribution < 1.29 is 29.3 Å². The molecule has 0 aromatic heterocycles. The van der Waals surface area contributed by atoms with Crippen LogP contribution >= 0.6 is 0 Å². The maximum absolute atomic E-state index is 12.5. The molecule has 2 atom stereocenters. The first kappa shape index (κ1) is 25.7. The van der Waals surface area contributed by atoms with Crippen LogP contribution in [0, 0.1) is 0 Å². The lowest BCUT2D eigenvalue weighted by atomic mass is 9.82. The van der Waals surface area contributed by atoms with Crippen LogP contribution in [0.3, 0.4) is 0 Å². The van der Waals surface area contributed by atoms with Crippen molar-refractivity contribution in [3.05, 3.63) is 119 Å². The Kier molecular flexibility index (Phi) is 6.76. The molecule has 0 bridgehead atoms. The average molecular weight is 534 g/mol. The summed E-state index contributed by atoms with van der Waals surface area (Å²) in [6.45, 7) is 0.276. The van der Waals surface area contributed by atoms with E-state index in [9.17, 15) is 24.6 Å². The number of aliphatic hydroxyl groups excluding tert-OH is 2. The van der Waals surface area contributed by atoms with E-state index in [0.717, 1.165) is 22.3 Å². The van der Waals surface area contributed by atoms with E-state index >= 15 is 0 Å². The number of carbonyl (C=O) groups is 3. The minimum atomic E-state index is -1.26. The number of nitrogens with one attached hydrogen (secondary N) is 1. The average Bonchev–Trinajstić information content (AvgIpc) is 3.31. The Morgan fingerprint density at radius 3 is 1.93 bits per heavy atom. The lowest BCUT2D eigenvalue weighted by Gasteiger charge is -2.22. The Hall–Kier alpha value is -4.59. The summed E-state index contributed by atoms with van der Waals surface area (Å²) in [6, 6.07) is 27.7. The molecular weight excluding hydrogens is 506 g/mol. The molecule has 0 fully saturated rings. The SMILES string of the molecule is O=C(NCCC(O)C(O)c1ccc2c(c1)-c1ccccc1C(=O)C2=O)OCC1c2ccccc2-c2ccccc21. The third-order valence-electron chi connectivity index (χ3n) is 7.72. The first-order valence-electron chi connectivity index (χ1n) is 13.2. The highest BCUT2D eigenvalue weighted by Gasteiger charge is 2.32. The van der Waals surface area contributed by atoms with E-state index in [2.05, 4.69) is 17.4 Å². The van der Waals surface area contributed by atoms with Crippen LogP contribution in [0.2, 0.25) is 0 Å². The van der Waals surface area contributed by atoms with Gasteiger partial charge in [-0.3, -0.25) is 9.59 Å². The molecule has 4 aromatic carbocycles. The summed E-state index contributed by atoms with van der Waals surface area (Å²) in [5, 5.41) is 24.1. The van der Waals surface area contributed by atoms with Gasteiger partial charge in [-0.05, 0) is 57.5 Å². The Labute approximate surface area is 231 Å². The van der Waals surface area contributed by atoms with E-state index < -0.39 is 29.9 Å². The quantitative estimate of drug-likeness (QED) is 0.287. The molecule has 7 nitrogen and oxygen atoms in total. The second-order valence-corrected chi connectivity index (χ2v) is 10.1. The van der Waals surface area contributed by atoms with Crippen molar-refractivity contribution >= 4 is 17.7 Å². The summed E-state index contributed by atoms with van der Waals surface area (Å²) in [6.07, 6.45) is -2.95. The number of hydrogen-bond donors (Lipinski definition) is 3. The van der Waals surface area contributed by atoms with Crippen molar-refractivity contribution in [2.45, 2.75) is 24.5 Å². The smallest absolute Gasteiger partial charge is 0.407 e. The molecule has 0 spiro atoms. The van der Waals surface area contributed by atoms with Gasteiger partial charge in [-0.2, -0.15) is 0 Å². The first-order chi connectivity index (χ1) is 19.4. The van der Waals surface area contributed by atoms with Crippen LogP contribution in [0.1, 0.15) is 55.8 Å². The minimum absolute atomic E-state index is 0.0538. The second-order valence-electron chi connectivity index (χ2n) is 10.1. The summed E-state index contributed by atoms with van der Waals surface area (Å²) in [5.41, 5.74) is 6.68. The Balaban J connectivity index is 1.06. The molecule has 0 radical (unpaired) electrons. The summed E-state index contributed by atoms with van der Waals surface area (Å²) in [4.78, 5) is 37.4. The van der Waals surface area contributed by atoms with Crippen LogP contribution < -0.4 is 5.32 Å². The Morgan fingerprint density at radius 2 is 1.27 bits per heavy atom. The van der Waals surface area contributed by atoms with E-state index in [1.165, 1.54) is 12.1 Å². The van der Waals surface area contributed by atoms with Gasteiger partial charge < -0.3 is 20.3 Å². The lowest BCUT2D eigenvalue weighted by molar-refractivity contribution is 0.0137. The molecular formula is C33H27NO6. The Morgan fingerprint density at radius 1 is 0.725 bits per heavy atom. The first-order valence-corrected chi connectivity index (χ1v) is 13.2. The molecule has 2 aliphatic rings. The van der Waals surface area contributed by atoms with Crippen molar-refractivity contribution in [3.63, 3.8) is 0 Å². The van der Waals surface area contributed by atoms with Crippen molar-refractivity contribution in [1.82, 2.24) is 5.32 Å². The van der Waals surface area contributed by atoms with Crippen molar-refractivity contribution in [1.29, 1.82) is 0 Å². The number of amides is 1. The molecule has 0 saturated carbocycles. The zero-order chi connectivity index (χ0) is 27.8. The van der Waals surface area contributed by atoms with Crippen molar-refractivity contribution in [3.8, 4) is 22.3 Å². The van der Waals surface area contributed by atoms with Gasteiger partial charge in [0.15, 0.2) is 0 Å². The van der Waals surface area contributed by atoms with Gasteiger partial charge in [-0.15, -0.1) is 0 Å². The second kappa shape index (κ2) is 10.5. The monoisotopic (exact) mass is 533 g/mol. The molecule has 2 aliphatic carbocycles. The summed E-state index contributed by atoms with van der Waals surface area (Å²) in [7, 11) is 0. The third-order valence-corrected chi connectivity index (χ3v) is 7.72. The predicted molar refractivity (Wildman–Crippen MR) is 149 cm³/mol. The molecule has 4 aromatic rings. The molecule has 2 unspecified atom stereocenters. The van der Waals surface area contributed by atoms with Crippen LogP contribution in [0.25, 0.3) is 22.3 Å². The number of alkyl carbamates (subject to hydrolysis) is 1. The van der Waals surface area contributed by atoms with Gasteiger partial charge in [-0.25, -0.2) is 4.79 Å². The number of Topliss-reactive ketones (excluding diaryl/α,β-unsaturated/α-hetero) is 2. The predicted octanol–water partition coefficient (Wildman–Crippen LogP) is 5.06. The van der Waals surface area contributed by atoms with Gasteiger partial charge in [0.2, 0.25) is 11.6 Å². The van der Waals surface area contributed by atoms with Crippen LogP contribution in [-0.4, -0.2) is 47.1 Å². The molecule has 7 heteroatoms. The fraction of sp³-hybridized carbons (Fsp3) is 0.182. The van der Waals surface area contributed by atoms with Crippen LogP contribution in [-0.2, 0) is 4.74 Å². The maximum atomic E-state index is 12.5. The van der Waals surface area contributed by atoms with Gasteiger partial charge in [0.1, 0.15) is 12.7 Å². The molecule has 0 saturated heterocycles. The zero-order valence-electron chi connectivity index (χ0n) is 21.5. The standard InChI is InChI=1S/C33H27NO6/c35-29(30(36)19-13-14-26-27(17-19)24-11-5-6-12-25(24)31(37)32(26)38)15-16-34-33(39)40-18-28-22-9-3-1-7-20(22)21-8-2-4-10-23(21)28/h1-14,17,28-30,35-36H,15-16,18H2,(H,34,39). The summed E-state index contributed by atoms with van der Waals surface area (Å²) in [5.74, 6) is -1.21. The number of ether oxygens (including phenoxy) is 1. The molecule has 0 heterocycles. The molecule has 0 aliphatic heterocycles. The summed E-state index contributed by atoms with van der Waals surface area (Å²) < 4.78 is 5.53. The van der Waals surface area contributed by atoms with E-state index in [1.807, 2.05) is 36.4 Å². The van der Waals surface area contributed by atoms with Gasteiger partial charge in [-0.1, -0.05) is 78.9 Å². The fourth-order valence-corrected chi connectivity index (χ4v) is 5.68. The number of aliphatic hydroxyl groups is 2. The number of fused-ring (bicyclic) bond motifs is 6. The number of carbonyl (C=O) groups excluding carboxylic acids is 3. The normalized spacial score (nSPS) is 14.9. The largest absolute Gasteiger partial charge is 0.449 e. The lowest BCUT2D eigenvalue weighted by Crippen LogP contribution is -2.30. The fourth-order valence-electron chi connectivity index (χ4n) is 5.68. The molecule has 1 amide bonds. The third kappa shape index (κ3) is 4.49. The highest BCUT2D eigenvalue weighted by atomic mass is 16.5. The van der Waals surface area contributed by atoms with E-state index in [4.69, 9.17) is 4.74 Å².